The molecule has 96 valence electrons. The predicted molar refractivity (Wildman–Crippen MR) is 76.5 cm³/mol. The Morgan fingerprint density at radius 1 is 1.06 bits per heavy atom. The Labute approximate surface area is 109 Å². The number of aromatic nitrogens is 2. The van der Waals surface area contributed by atoms with Gasteiger partial charge >= 0.3 is 0 Å². The molecule has 1 aromatic heterocycles. The molecule has 3 nitrogen and oxygen atoms in total. The fraction of sp³-hybridized carbons (Fsp3) is 0.400. The number of benzene rings is 1. The van der Waals surface area contributed by atoms with Gasteiger partial charge in [0, 0.05) is 11.8 Å². The molecule has 0 spiro atoms. The Kier molecular flexibility index (Phi) is 2.93. The van der Waals surface area contributed by atoms with E-state index in [-0.39, 0.29) is 5.54 Å². The van der Waals surface area contributed by atoms with E-state index in [0.717, 1.165) is 16.9 Å². The molecule has 0 aliphatic heterocycles. The first-order valence-electron chi connectivity index (χ1n) is 6.21. The Bertz CT molecular complexity index is 554. The van der Waals surface area contributed by atoms with Crippen LogP contribution in [0.2, 0.25) is 0 Å². The van der Waals surface area contributed by atoms with Crippen LogP contribution in [-0.4, -0.2) is 9.78 Å². The van der Waals surface area contributed by atoms with Crippen LogP contribution < -0.4 is 5.73 Å². The summed E-state index contributed by atoms with van der Waals surface area (Å²) in [5.41, 5.74) is 11.2. The molecule has 0 saturated carbocycles. The van der Waals surface area contributed by atoms with Crippen LogP contribution in [0.3, 0.4) is 0 Å². The van der Waals surface area contributed by atoms with Crippen LogP contribution in [0.5, 0.6) is 0 Å². The average molecular weight is 243 g/mol. The summed E-state index contributed by atoms with van der Waals surface area (Å²) in [7, 11) is 0. The summed E-state index contributed by atoms with van der Waals surface area (Å²) in [6.45, 7) is 10.5. The third kappa shape index (κ3) is 2.40. The number of nitrogen functional groups attached to an aromatic ring is 1. The second-order valence-corrected chi connectivity index (χ2v) is 5.92. The molecule has 0 fully saturated rings. The van der Waals surface area contributed by atoms with Gasteiger partial charge in [-0.3, -0.25) is 4.68 Å². The molecular weight excluding hydrogens is 222 g/mol. The van der Waals surface area contributed by atoms with Gasteiger partial charge in [0.05, 0.1) is 11.2 Å². The van der Waals surface area contributed by atoms with Crippen LogP contribution in [0.15, 0.2) is 24.4 Å². The summed E-state index contributed by atoms with van der Waals surface area (Å²) in [6, 6.07) is 6.40. The van der Waals surface area contributed by atoms with Gasteiger partial charge in [0.15, 0.2) is 0 Å². The molecule has 0 aliphatic rings. The van der Waals surface area contributed by atoms with E-state index in [2.05, 4.69) is 57.9 Å². The molecule has 0 radical (unpaired) electrons. The second kappa shape index (κ2) is 4.16. The minimum absolute atomic E-state index is 0.0504. The van der Waals surface area contributed by atoms with Crippen LogP contribution in [0.25, 0.3) is 11.3 Å². The lowest BCUT2D eigenvalue weighted by Crippen LogP contribution is -2.22. The molecule has 2 aromatic rings. The normalized spacial score (nSPS) is 11.8. The Morgan fingerprint density at radius 2 is 1.61 bits per heavy atom. The first-order valence-corrected chi connectivity index (χ1v) is 6.21. The summed E-state index contributed by atoms with van der Waals surface area (Å²) in [6.07, 6.45) is 1.91. The molecule has 18 heavy (non-hydrogen) atoms. The average Bonchev–Trinajstić information content (AvgIpc) is 2.58. The molecule has 2 N–H and O–H groups in total. The van der Waals surface area contributed by atoms with E-state index in [1.165, 1.54) is 11.1 Å². The highest BCUT2D eigenvalue weighted by atomic mass is 15.3. The summed E-state index contributed by atoms with van der Waals surface area (Å²) < 4.78 is 1.93. The fourth-order valence-electron chi connectivity index (χ4n) is 2.07. The summed E-state index contributed by atoms with van der Waals surface area (Å²) >= 11 is 0. The molecule has 0 aliphatic carbocycles. The van der Waals surface area contributed by atoms with Crippen molar-refractivity contribution >= 4 is 5.69 Å². The molecule has 0 saturated heterocycles. The fourth-order valence-corrected chi connectivity index (χ4v) is 2.07. The molecule has 0 bridgehead atoms. The zero-order chi connectivity index (χ0) is 13.5. The SMILES string of the molecule is Cc1cc(C)cc(-c2nn(C(C)(C)C)cc2N)c1. The largest absolute Gasteiger partial charge is 0.396 e. The minimum atomic E-state index is -0.0504. The Balaban J connectivity index is 2.54. The van der Waals surface area contributed by atoms with Gasteiger partial charge in [-0.2, -0.15) is 5.10 Å². The monoisotopic (exact) mass is 243 g/mol. The van der Waals surface area contributed by atoms with Crippen LogP contribution in [0.4, 0.5) is 5.69 Å². The van der Waals surface area contributed by atoms with E-state index in [1.54, 1.807) is 0 Å². The quantitative estimate of drug-likeness (QED) is 0.833. The second-order valence-electron chi connectivity index (χ2n) is 5.92. The lowest BCUT2D eigenvalue weighted by molar-refractivity contribution is 0.356. The van der Waals surface area contributed by atoms with Gasteiger partial charge in [-0.05, 0) is 46.8 Å². The van der Waals surface area contributed by atoms with Crippen molar-refractivity contribution in [1.82, 2.24) is 9.78 Å². The third-order valence-electron chi connectivity index (χ3n) is 2.92. The number of aryl methyl sites for hydroxylation is 2. The van der Waals surface area contributed by atoms with Crippen molar-refractivity contribution in [2.24, 2.45) is 0 Å². The molecule has 1 heterocycles. The number of hydrogen-bond donors (Lipinski definition) is 1. The number of rotatable bonds is 1. The smallest absolute Gasteiger partial charge is 0.115 e. The van der Waals surface area contributed by atoms with Crippen molar-refractivity contribution in [3.63, 3.8) is 0 Å². The van der Waals surface area contributed by atoms with Crippen molar-refractivity contribution in [2.45, 2.75) is 40.2 Å². The zero-order valence-corrected chi connectivity index (χ0v) is 11.8. The molecule has 2 rings (SSSR count). The maximum absolute atomic E-state index is 6.09. The highest BCUT2D eigenvalue weighted by molar-refractivity contribution is 5.73. The van der Waals surface area contributed by atoms with Crippen molar-refractivity contribution in [3.8, 4) is 11.3 Å². The van der Waals surface area contributed by atoms with Crippen LogP contribution in [-0.2, 0) is 5.54 Å². The van der Waals surface area contributed by atoms with E-state index in [1.807, 2.05) is 10.9 Å². The van der Waals surface area contributed by atoms with Crippen LogP contribution in [0.1, 0.15) is 31.9 Å². The van der Waals surface area contributed by atoms with E-state index in [0.29, 0.717) is 0 Å². The van der Waals surface area contributed by atoms with Gasteiger partial charge in [0.1, 0.15) is 5.69 Å². The maximum Gasteiger partial charge on any atom is 0.115 e. The van der Waals surface area contributed by atoms with Gasteiger partial charge in [-0.25, -0.2) is 0 Å². The van der Waals surface area contributed by atoms with E-state index in [9.17, 15) is 0 Å². The molecule has 0 amide bonds. The number of nitrogens with zero attached hydrogens (tertiary/aromatic N) is 2. The van der Waals surface area contributed by atoms with Crippen molar-refractivity contribution in [3.05, 3.63) is 35.5 Å². The molecule has 0 atom stereocenters. The standard InChI is InChI=1S/C15H21N3/c1-10-6-11(2)8-12(7-10)14-13(16)9-18(17-14)15(3,4)5/h6-9H,16H2,1-5H3. The van der Waals surface area contributed by atoms with Gasteiger partial charge in [-0.15, -0.1) is 0 Å². The molecule has 0 unspecified atom stereocenters. The first kappa shape index (κ1) is 12.7. The Morgan fingerprint density at radius 3 is 2.06 bits per heavy atom. The topological polar surface area (TPSA) is 43.8 Å². The summed E-state index contributed by atoms with van der Waals surface area (Å²) in [5.74, 6) is 0. The first-order chi connectivity index (χ1) is 8.27. The van der Waals surface area contributed by atoms with E-state index >= 15 is 0 Å². The lowest BCUT2D eigenvalue weighted by atomic mass is 10.0. The summed E-state index contributed by atoms with van der Waals surface area (Å²) in [5, 5.41) is 4.63. The van der Waals surface area contributed by atoms with Crippen molar-refractivity contribution in [2.75, 3.05) is 5.73 Å². The predicted octanol–water partition coefficient (Wildman–Crippen LogP) is 3.50. The van der Waals surface area contributed by atoms with Crippen LogP contribution >= 0.6 is 0 Å². The minimum Gasteiger partial charge on any atom is -0.396 e. The molecule has 1 aromatic carbocycles. The van der Waals surface area contributed by atoms with Crippen molar-refractivity contribution < 1.29 is 0 Å². The van der Waals surface area contributed by atoms with Gasteiger partial charge in [0.2, 0.25) is 0 Å². The lowest BCUT2D eigenvalue weighted by Gasteiger charge is -2.18. The molecular formula is C15H21N3. The van der Waals surface area contributed by atoms with E-state index < -0.39 is 0 Å². The highest BCUT2D eigenvalue weighted by Gasteiger charge is 2.17. The van der Waals surface area contributed by atoms with Gasteiger partial charge in [0.25, 0.3) is 0 Å². The van der Waals surface area contributed by atoms with Crippen molar-refractivity contribution in [1.29, 1.82) is 0 Å². The molecule has 3 heteroatoms. The number of nitrogens with two attached hydrogens (primary N) is 1. The zero-order valence-electron chi connectivity index (χ0n) is 11.8. The summed E-state index contributed by atoms with van der Waals surface area (Å²) in [4.78, 5) is 0. The van der Waals surface area contributed by atoms with Crippen LogP contribution in [0, 0.1) is 13.8 Å². The maximum atomic E-state index is 6.09. The highest BCUT2D eigenvalue weighted by Crippen LogP contribution is 2.28. The number of anilines is 1. The van der Waals surface area contributed by atoms with Gasteiger partial charge in [-0.1, -0.05) is 17.2 Å². The van der Waals surface area contributed by atoms with E-state index in [4.69, 9.17) is 5.73 Å². The van der Waals surface area contributed by atoms with Gasteiger partial charge < -0.3 is 5.73 Å². The number of hydrogen-bond acceptors (Lipinski definition) is 2. The Hall–Kier alpha value is -1.77. The third-order valence-corrected chi connectivity index (χ3v) is 2.92.